The van der Waals surface area contributed by atoms with Crippen LogP contribution < -0.4 is 14.7 Å². The van der Waals surface area contributed by atoms with Gasteiger partial charge in [0, 0.05) is 58.0 Å². The third-order valence-corrected chi connectivity index (χ3v) is 9.12. The molecule has 1 fully saturated rings. The third-order valence-electron chi connectivity index (χ3n) is 9.12. The minimum absolute atomic E-state index is 0.0430. The first-order valence-corrected chi connectivity index (χ1v) is 15.2. The average molecular weight is 649 g/mol. The summed E-state index contributed by atoms with van der Waals surface area (Å²) in [4.78, 5) is 55.7. The number of carbonyl (C=O) groups is 3. The predicted octanol–water partition coefficient (Wildman–Crippen LogP) is 4.73. The number of fused-ring (bicyclic) bond motifs is 3. The zero-order valence-electron chi connectivity index (χ0n) is 26.5. The van der Waals surface area contributed by atoms with E-state index in [1.807, 2.05) is 31.2 Å². The first kappa shape index (κ1) is 32.2. The van der Waals surface area contributed by atoms with Crippen molar-refractivity contribution in [3.8, 4) is 0 Å². The summed E-state index contributed by atoms with van der Waals surface area (Å²) in [7, 11) is 3.18. The molecule has 5 heterocycles. The summed E-state index contributed by atoms with van der Waals surface area (Å²) >= 11 is 0. The Labute approximate surface area is 270 Å². The van der Waals surface area contributed by atoms with Crippen molar-refractivity contribution in [3.63, 3.8) is 0 Å². The standard InChI is InChI=1S/C34H35F3N6O4/c1-6-28(44)42-17-22-11-21(14-38-30(22)26(42)18-47-5)15-41-16-23-12-29(45)43(27-13-24(34(35,36)37)10-20(3)39-27)32(23)33(46)40(4)25-9-7-8-19(2)31(25)41/h6-11,13-14,23,26,32H,1,12,15-18H2,2-5H3/t23-,26-,32+/m1/s1. The maximum atomic E-state index is 14.1. The number of methoxy groups -OCH3 is 1. The molecule has 0 saturated carbocycles. The van der Waals surface area contributed by atoms with Crippen molar-refractivity contribution in [2.45, 2.75) is 51.6 Å². The van der Waals surface area contributed by atoms with E-state index in [1.165, 1.54) is 17.9 Å². The highest BCUT2D eigenvalue weighted by atomic mass is 19.4. The zero-order chi connectivity index (χ0) is 33.8. The highest BCUT2D eigenvalue weighted by molar-refractivity contribution is 6.10. The Morgan fingerprint density at radius 1 is 1.17 bits per heavy atom. The molecule has 6 rings (SSSR count). The minimum Gasteiger partial charge on any atom is -0.382 e. The molecule has 0 radical (unpaired) electrons. The Bertz CT molecular complexity index is 1780. The first-order chi connectivity index (χ1) is 22.3. The molecule has 0 unspecified atom stereocenters. The molecule has 3 aliphatic heterocycles. The number of para-hydroxylation sites is 1. The molecule has 3 atom stereocenters. The number of likely N-dealkylation sites (N-methyl/N-ethyl adjacent to an activating group) is 1. The van der Waals surface area contributed by atoms with Crippen LogP contribution in [0.2, 0.25) is 0 Å². The summed E-state index contributed by atoms with van der Waals surface area (Å²) in [5, 5.41) is 0. The van der Waals surface area contributed by atoms with Gasteiger partial charge in [0.1, 0.15) is 11.9 Å². The number of nitrogens with zero attached hydrogens (tertiary/aromatic N) is 6. The fourth-order valence-electron chi connectivity index (χ4n) is 7.07. The van der Waals surface area contributed by atoms with E-state index in [-0.39, 0.29) is 43.0 Å². The van der Waals surface area contributed by atoms with E-state index in [9.17, 15) is 27.6 Å². The van der Waals surface area contributed by atoms with Gasteiger partial charge < -0.3 is 19.4 Å². The average Bonchev–Trinajstić information content (AvgIpc) is 3.54. The van der Waals surface area contributed by atoms with Gasteiger partial charge in [-0.25, -0.2) is 4.98 Å². The lowest BCUT2D eigenvalue weighted by Gasteiger charge is -2.39. The number of benzene rings is 1. The number of aryl methyl sites for hydroxylation is 2. The van der Waals surface area contributed by atoms with E-state index >= 15 is 0 Å². The van der Waals surface area contributed by atoms with E-state index in [2.05, 4.69) is 16.5 Å². The van der Waals surface area contributed by atoms with Crippen molar-refractivity contribution < 1.29 is 32.3 Å². The second-order valence-corrected chi connectivity index (χ2v) is 12.3. The molecule has 3 aliphatic rings. The molecule has 1 aromatic carbocycles. The lowest BCUT2D eigenvalue weighted by Crippen LogP contribution is -2.52. The first-order valence-electron chi connectivity index (χ1n) is 15.2. The number of amides is 3. The highest BCUT2D eigenvalue weighted by Gasteiger charge is 2.49. The Kier molecular flexibility index (Phi) is 8.29. The van der Waals surface area contributed by atoms with Crippen LogP contribution in [0.15, 0.2) is 55.3 Å². The Morgan fingerprint density at radius 2 is 1.94 bits per heavy atom. The van der Waals surface area contributed by atoms with Crippen LogP contribution in [0, 0.1) is 19.8 Å². The fraction of sp³-hybridized carbons (Fsp3) is 0.382. The molecule has 0 aliphatic carbocycles. The minimum atomic E-state index is -4.65. The van der Waals surface area contributed by atoms with Gasteiger partial charge in [0.15, 0.2) is 0 Å². The molecule has 246 valence electrons. The molecule has 3 amide bonds. The van der Waals surface area contributed by atoms with Gasteiger partial charge in [-0.05, 0) is 60.9 Å². The smallest absolute Gasteiger partial charge is 0.382 e. The molecule has 3 aromatic rings. The maximum absolute atomic E-state index is 14.1. The summed E-state index contributed by atoms with van der Waals surface area (Å²) in [5.41, 5.74) is 3.97. The molecule has 2 aromatic heterocycles. The number of rotatable bonds is 6. The monoisotopic (exact) mass is 648 g/mol. The molecule has 0 bridgehead atoms. The molecule has 0 N–H and O–H groups in total. The van der Waals surface area contributed by atoms with E-state index in [4.69, 9.17) is 9.72 Å². The van der Waals surface area contributed by atoms with Crippen LogP contribution in [0.5, 0.6) is 0 Å². The number of aromatic nitrogens is 2. The number of alkyl halides is 3. The van der Waals surface area contributed by atoms with Crippen molar-refractivity contribution in [3.05, 3.63) is 88.9 Å². The summed E-state index contributed by atoms with van der Waals surface area (Å²) in [6, 6.07) is 7.95. The summed E-state index contributed by atoms with van der Waals surface area (Å²) in [6.07, 6.45) is -1.67. The number of halogens is 3. The summed E-state index contributed by atoms with van der Waals surface area (Å²) in [5.74, 6) is -1.83. The molecule has 47 heavy (non-hydrogen) atoms. The number of ether oxygens (including phenoxy) is 1. The molecule has 0 spiro atoms. The van der Waals surface area contributed by atoms with Gasteiger partial charge >= 0.3 is 6.18 Å². The Morgan fingerprint density at radius 3 is 2.64 bits per heavy atom. The largest absolute Gasteiger partial charge is 0.416 e. The normalized spacial score (nSPS) is 21.0. The number of hydrogen-bond acceptors (Lipinski definition) is 7. The number of hydrogen-bond donors (Lipinski definition) is 0. The molecule has 13 heteroatoms. The lowest BCUT2D eigenvalue weighted by atomic mass is 9.94. The maximum Gasteiger partial charge on any atom is 0.416 e. The molecular weight excluding hydrogens is 613 g/mol. The van der Waals surface area contributed by atoms with E-state index in [0.29, 0.717) is 18.8 Å². The molecular formula is C34H35F3N6O4. The van der Waals surface area contributed by atoms with Crippen molar-refractivity contribution >= 4 is 34.9 Å². The van der Waals surface area contributed by atoms with Gasteiger partial charge in [0.2, 0.25) is 17.7 Å². The second kappa shape index (κ2) is 12.1. The number of pyridine rings is 2. The third kappa shape index (κ3) is 5.73. The summed E-state index contributed by atoms with van der Waals surface area (Å²) < 4.78 is 46.6. The van der Waals surface area contributed by atoms with Gasteiger partial charge in [-0.3, -0.25) is 24.3 Å². The summed E-state index contributed by atoms with van der Waals surface area (Å²) in [6.45, 7) is 8.26. The van der Waals surface area contributed by atoms with Crippen LogP contribution >= 0.6 is 0 Å². The highest BCUT2D eigenvalue weighted by Crippen LogP contribution is 2.42. The molecule has 10 nitrogen and oxygen atoms in total. The van der Waals surface area contributed by atoms with Gasteiger partial charge in [-0.2, -0.15) is 13.2 Å². The van der Waals surface area contributed by atoms with Gasteiger partial charge in [-0.15, -0.1) is 0 Å². The van der Waals surface area contributed by atoms with Gasteiger partial charge in [-0.1, -0.05) is 18.7 Å². The van der Waals surface area contributed by atoms with Crippen LogP contribution in [0.3, 0.4) is 0 Å². The van der Waals surface area contributed by atoms with Crippen LogP contribution in [0.25, 0.3) is 0 Å². The van der Waals surface area contributed by atoms with Crippen molar-refractivity contribution in [2.24, 2.45) is 5.92 Å². The number of carbonyl (C=O) groups excluding carboxylic acids is 3. The second-order valence-electron chi connectivity index (χ2n) is 12.3. The van der Waals surface area contributed by atoms with E-state index in [1.54, 1.807) is 25.3 Å². The van der Waals surface area contributed by atoms with E-state index in [0.717, 1.165) is 45.1 Å². The molecule has 1 saturated heterocycles. The lowest BCUT2D eigenvalue weighted by molar-refractivity contribution is -0.137. The number of anilines is 3. The van der Waals surface area contributed by atoms with Gasteiger partial charge in [0.25, 0.3) is 0 Å². The van der Waals surface area contributed by atoms with Gasteiger partial charge in [0.05, 0.1) is 35.3 Å². The topological polar surface area (TPSA) is 99.2 Å². The quantitative estimate of drug-likeness (QED) is 0.357. The van der Waals surface area contributed by atoms with Crippen LogP contribution in [-0.2, 0) is 38.4 Å². The Hall–Kier alpha value is -4.78. The van der Waals surface area contributed by atoms with E-state index < -0.39 is 35.5 Å². The predicted molar refractivity (Wildman–Crippen MR) is 169 cm³/mol. The Balaban J connectivity index is 1.39. The van der Waals surface area contributed by atoms with Crippen LogP contribution in [0.4, 0.5) is 30.4 Å². The fourth-order valence-corrected chi connectivity index (χ4v) is 7.07. The van der Waals surface area contributed by atoms with Crippen LogP contribution in [0.1, 0.15) is 46.1 Å². The van der Waals surface area contributed by atoms with Crippen molar-refractivity contribution in [2.75, 3.05) is 42.0 Å². The van der Waals surface area contributed by atoms with Crippen molar-refractivity contribution in [1.82, 2.24) is 14.9 Å². The zero-order valence-corrected chi connectivity index (χ0v) is 26.5. The SMILES string of the molecule is C=CC(=O)N1Cc2cc(CN3C[C@H]4CC(=O)N(c5cc(C(F)(F)F)cc(C)n5)[C@@H]4C(=O)N(C)c4cccc(C)c43)cnc2[C@H]1COC. The van der Waals surface area contributed by atoms with Crippen molar-refractivity contribution in [1.29, 1.82) is 0 Å². The van der Waals surface area contributed by atoms with Crippen LogP contribution in [-0.4, -0.2) is 65.9 Å².